The Morgan fingerprint density at radius 1 is 0.516 bits per heavy atom. The van der Waals surface area contributed by atoms with E-state index in [9.17, 15) is 0 Å². The maximum absolute atomic E-state index is 6.60. The lowest BCUT2D eigenvalue weighted by atomic mass is 9.85. The molecule has 7 nitrogen and oxygen atoms in total. The Hall–Kier alpha value is -2.80. The van der Waals surface area contributed by atoms with Crippen LogP contribution in [0.15, 0.2) is 24.3 Å². The zero-order valence-corrected chi connectivity index (χ0v) is 19.5. The minimum Gasteiger partial charge on any atom is -0.493 e. The Balaban J connectivity index is 2.01. The summed E-state index contributed by atoms with van der Waals surface area (Å²) < 4.78 is 39.6. The second-order valence-corrected chi connectivity index (χ2v) is 7.61. The van der Waals surface area contributed by atoms with E-state index in [0.717, 1.165) is 11.1 Å². The van der Waals surface area contributed by atoms with E-state index in [4.69, 9.17) is 33.2 Å². The Kier molecular flexibility index (Phi) is 7.05. The molecule has 1 heterocycles. The van der Waals surface area contributed by atoms with Crippen LogP contribution in [0.3, 0.4) is 0 Å². The van der Waals surface area contributed by atoms with Gasteiger partial charge < -0.3 is 33.2 Å². The van der Waals surface area contributed by atoms with Crippen molar-refractivity contribution in [2.24, 2.45) is 11.8 Å². The molecule has 0 aliphatic carbocycles. The standard InChI is InChI=1S/C24H32O7/c1-13-14(2)22(16-11-19(27-5)24(30-8)20(12-16)28-6)31-21(13)15-9-17(25-3)23(29-7)18(10-15)26-4/h9-14,21-22H,1-8H3/t13-,14+,21+,22-. The summed E-state index contributed by atoms with van der Waals surface area (Å²) in [5.41, 5.74) is 1.95. The average molecular weight is 433 g/mol. The molecule has 1 aliphatic heterocycles. The molecule has 0 N–H and O–H groups in total. The van der Waals surface area contributed by atoms with E-state index in [1.807, 2.05) is 24.3 Å². The SMILES string of the molecule is COc1cc([C@H]2O[C@@H](c3cc(OC)c(OC)c(OC)c3)[C@@H](C)[C@H]2C)cc(OC)c1OC. The van der Waals surface area contributed by atoms with Gasteiger partial charge >= 0.3 is 0 Å². The van der Waals surface area contributed by atoms with Gasteiger partial charge in [0.1, 0.15) is 0 Å². The van der Waals surface area contributed by atoms with Crippen molar-refractivity contribution in [3.63, 3.8) is 0 Å². The number of benzene rings is 2. The Bertz CT molecular complexity index is 787. The molecule has 1 aliphatic rings. The summed E-state index contributed by atoms with van der Waals surface area (Å²) >= 11 is 0. The summed E-state index contributed by atoms with van der Waals surface area (Å²) in [4.78, 5) is 0. The van der Waals surface area contributed by atoms with Crippen LogP contribution in [0.5, 0.6) is 34.5 Å². The van der Waals surface area contributed by atoms with E-state index < -0.39 is 0 Å². The van der Waals surface area contributed by atoms with Crippen LogP contribution in [0.25, 0.3) is 0 Å². The van der Waals surface area contributed by atoms with Crippen LogP contribution in [0.2, 0.25) is 0 Å². The van der Waals surface area contributed by atoms with Gasteiger partial charge in [-0.25, -0.2) is 0 Å². The number of hydrogen-bond donors (Lipinski definition) is 0. The van der Waals surface area contributed by atoms with Crippen molar-refractivity contribution < 1.29 is 33.2 Å². The summed E-state index contributed by atoms with van der Waals surface area (Å²) in [5, 5.41) is 0. The summed E-state index contributed by atoms with van der Waals surface area (Å²) in [7, 11) is 9.64. The molecular formula is C24H32O7. The van der Waals surface area contributed by atoms with E-state index in [2.05, 4.69) is 13.8 Å². The fraction of sp³-hybridized carbons (Fsp3) is 0.500. The van der Waals surface area contributed by atoms with E-state index in [0.29, 0.717) is 34.5 Å². The molecule has 31 heavy (non-hydrogen) atoms. The van der Waals surface area contributed by atoms with Crippen LogP contribution >= 0.6 is 0 Å². The summed E-state index contributed by atoms with van der Waals surface area (Å²) in [6, 6.07) is 7.80. The zero-order valence-electron chi connectivity index (χ0n) is 19.5. The van der Waals surface area contributed by atoms with Crippen LogP contribution in [-0.4, -0.2) is 42.7 Å². The summed E-state index contributed by atoms with van der Waals surface area (Å²) in [5.74, 6) is 4.04. The van der Waals surface area contributed by atoms with Gasteiger partial charge in [-0.3, -0.25) is 0 Å². The second-order valence-electron chi connectivity index (χ2n) is 7.61. The van der Waals surface area contributed by atoms with Gasteiger partial charge in [0.05, 0.1) is 54.9 Å². The highest BCUT2D eigenvalue weighted by Crippen LogP contribution is 2.53. The van der Waals surface area contributed by atoms with Crippen LogP contribution in [0.4, 0.5) is 0 Å². The second kappa shape index (κ2) is 9.56. The molecule has 1 saturated heterocycles. The molecule has 0 saturated carbocycles. The van der Waals surface area contributed by atoms with Crippen molar-refractivity contribution in [3.05, 3.63) is 35.4 Å². The molecule has 0 spiro atoms. The van der Waals surface area contributed by atoms with Gasteiger partial charge in [0.15, 0.2) is 23.0 Å². The highest BCUT2D eigenvalue weighted by atomic mass is 16.5. The normalized spacial score (nSPS) is 22.7. The van der Waals surface area contributed by atoms with Gasteiger partial charge in [-0.05, 0) is 47.2 Å². The maximum Gasteiger partial charge on any atom is 0.203 e. The molecule has 1 fully saturated rings. The minimum atomic E-state index is -0.146. The van der Waals surface area contributed by atoms with Gasteiger partial charge in [0.2, 0.25) is 11.5 Å². The van der Waals surface area contributed by atoms with Crippen molar-refractivity contribution in [1.29, 1.82) is 0 Å². The quantitative estimate of drug-likeness (QED) is 0.592. The molecule has 3 rings (SSSR count). The number of hydrogen-bond acceptors (Lipinski definition) is 7. The first-order valence-corrected chi connectivity index (χ1v) is 10.2. The number of ether oxygens (including phenoxy) is 7. The lowest BCUT2D eigenvalue weighted by molar-refractivity contribution is 0.0285. The third-order valence-electron chi connectivity index (χ3n) is 6.11. The molecule has 0 aromatic heterocycles. The van der Waals surface area contributed by atoms with Crippen molar-refractivity contribution in [2.75, 3.05) is 42.7 Å². The number of rotatable bonds is 8. The third kappa shape index (κ3) is 4.06. The molecule has 2 aromatic carbocycles. The molecular weight excluding hydrogens is 400 g/mol. The van der Waals surface area contributed by atoms with Gasteiger partial charge in [0, 0.05) is 0 Å². The zero-order chi connectivity index (χ0) is 22.7. The molecule has 4 atom stereocenters. The average Bonchev–Trinajstić information content (AvgIpc) is 3.11. The fourth-order valence-corrected chi connectivity index (χ4v) is 4.25. The highest BCUT2D eigenvalue weighted by Gasteiger charge is 2.41. The van der Waals surface area contributed by atoms with Crippen LogP contribution in [0, 0.1) is 11.8 Å². The largest absolute Gasteiger partial charge is 0.493 e. The van der Waals surface area contributed by atoms with Crippen molar-refractivity contribution in [1.82, 2.24) is 0 Å². The summed E-state index contributed by atoms with van der Waals surface area (Å²) in [6.45, 7) is 4.38. The predicted molar refractivity (Wildman–Crippen MR) is 117 cm³/mol. The molecule has 0 amide bonds. The van der Waals surface area contributed by atoms with E-state index in [-0.39, 0.29) is 24.0 Å². The van der Waals surface area contributed by atoms with E-state index >= 15 is 0 Å². The molecule has 0 bridgehead atoms. The Labute approximate surface area is 184 Å². The smallest absolute Gasteiger partial charge is 0.203 e. The summed E-state index contributed by atoms with van der Waals surface area (Å²) in [6.07, 6.45) is -0.291. The topological polar surface area (TPSA) is 64.6 Å². The minimum absolute atomic E-state index is 0.146. The van der Waals surface area contributed by atoms with Crippen LogP contribution < -0.4 is 28.4 Å². The molecule has 7 heteroatoms. The third-order valence-corrected chi connectivity index (χ3v) is 6.11. The van der Waals surface area contributed by atoms with Gasteiger partial charge in [-0.2, -0.15) is 0 Å². The first-order valence-electron chi connectivity index (χ1n) is 10.2. The fourth-order valence-electron chi connectivity index (χ4n) is 4.25. The molecule has 2 aromatic rings. The van der Waals surface area contributed by atoms with Crippen molar-refractivity contribution in [2.45, 2.75) is 26.1 Å². The first kappa shape index (κ1) is 22.9. The van der Waals surface area contributed by atoms with Crippen LogP contribution in [-0.2, 0) is 4.74 Å². The van der Waals surface area contributed by atoms with Gasteiger partial charge in [0.25, 0.3) is 0 Å². The monoisotopic (exact) mass is 432 g/mol. The van der Waals surface area contributed by atoms with Crippen molar-refractivity contribution in [3.8, 4) is 34.5 Å². The predicted octanol–water partition coefficient (Wildman–Crippen LogP) is 4.82. The highest BCUT2D eigenvalue weighted by molar-refractivity contribution is 5.56. The lowest BCUT2D eigenvalue weighted by Gasteiger charge is -2.20. The molecule has 0 radical (unpaired) electrons. The maximum atomic E-state index is 6.60. The van der Waals surface area contributed by atoms with E-state index in [1.165, 1.54) is 0 Å². The van der Waals surface area contributed by atoms with Gasteiger partial charge in [-0.15, -0.1) is 0 Å². The Morgan fingerprint density at radius 3 is 1.03 bits per heavy atom. The molecule has 0 unspecified atom stereocenters. The van der Waals surface area contributed by atoms with Crippen molar-refractivity contribution >= 4 is 0 Å². The number of methoxy groups -OCH3 is 6. The van der Waals surface area contributed by atoms with E-state index in [1.54, 1.807) is 42.7 Å². The van der Waals surface area contributed by atoms with Crippen LogP contribution in [0.1, 0.15) is 37.2 Å². The lowest BCUT2D eigenvalue weighted by Crippen LogP contribution is -2.10. The first-order chi connectivity index (χ1) is 14.9. The molecule has 170 valence electrons. The Morgan fingerprint density at radius 2 is 0.806 bits per heavy atom. The van der Waals surface area contributed by atoms with Gasteiger partial charge in [-0.1, -0.05) is 13.8 Å².